The van der Waals surface area contributed by atoms with Gasteiger partial charge in [-0.05, 0) is 69.2 Å². The zero-order valence-electron chi connectivity index (χ0n) is 20.7. The lowest BCUT2D eigenvalue weighted by Crippen LogP contribution is -2.47. The maximum Gasteiger partial charge on any atom is 0.242 e. The second-order valence-corrected chi connectivity index (χ2v) is 10.9. The molecule has 0 aromatic heterocycles. The first-order valence-corrected chi connectivity index (χ1v) is 14.2. The van der Waals surface area contributed by atoms with Crippen molar-refractivity contribution in [3.8, 4) is 5.75 Å². The van der Waals surface area contributed by atoms with Crippen LogP contribution in [0.5, 0.6) is 5.75 Å². The Balaban J connectivity index is 2.14. The summed E-state index contributed by atoms with van der Waals surface area (Å²) in [5.74, 6) is 0.203. The molecular formula is C25H34BrN3O5S. The van der Waals surface area contributed by atoms with Crippen molar-refractivity contribution < 1.29 is 22.7 Å². The van der Waals surface area contributed by atoms with Gasteiger partial charge < -0.3 is 15.0 Å². The van der Waals surface area contributed by atoms with Crippen molar-refractivity contribution in [2.45, 2.75) is 46.2 Å². The third-order valence-corrected chi connectivity index (χ3v) is 7.04. The molecular weight excluding hydrogens is 534 g/mol. The molecule has 2 aromatic rings. The molecule has 0 saturated heterocycles. The topological polar surface area (TPSA) is 96.0 Å². The van der Waals surface area contributed by atoms with Gasteiger partial charge in [0, 0.05) is 30.5 Å². The lowest BCUT2D eigenvalue weighted by Gasteiger charge is -2.29. The predicted octanol–water partition coefficient (Wildman–Crippen LogP) is 3.95. The molecule has 2 rings (SSSR count). The van der Waals surface area contributed by atoms with Gasteiger partial charge in [-0.25, -0.2) is 8.42 Å². The van der Waals surface area contributed by atoms with Crippen LogP contribution in [-0.4, -0.2) is 57.1 Å². The van der Waals surface area contributed by atoms with Gasteiger partial charge in [0.1, 0.15) is 11.8 Å². The average Bonchev–Trinajstić information content (AvgIpc) is 2.80. The second-order valence-electron chi connectivity index (χ2n) is 8.09. The highest BCUT2D eigenvalue weighted by Gasteiger charge is 2.26. The van der Waals surface area contributed by atoms with Gasteiger partial charge in [-0.1, -0.05) is 28.1 Å². The van der Waals surface area contributed by atoms with Crippen LogP contribution in [0, 0.1) is 0 Å². The molecule has 1 atom stereocenters. The number of benzene rings is 2. The molecule has 0 saturated carbocycles. The molecule has 0 aliphatic heterocycles. The number of sulfonamides is 1. The summed E-state index contributed by atoms with van der Waals surface area (Å²) in [7, 11) is -3.55. The van der Waals surface area contributed by atoms with Crippen molar-refractivity contribution in [1.82, 2.24) is 10.2 Å². The van der Waals surface area contributed by atoms with Crippen LogP contribution < -0.4 is 14.4 Å². The average molecular weight is 569 g/mol. The standard InChI is InChI=1S/C25H34BrN3O5S/c1-5-27-25(31)19(3)28(18-20-9-7-10-21(26)17-20)24(30)11-8-16-29(35(4,32)33)22-12-14-23(15-13-22)34-6-2/h7,9-10,12-15,17,19H,5-6,8,11,16,18H2,1-4H3,(H,27,31)/t19-/m0/s1. The van der Waals surface area contributed by atoms with Crippen LogP contribution in [0.4, 0.5) is 5.69 Å². The minimum Gasteiger partial charge on any atom is -0.494 e. The van der Waals surface area contributed by atoms with E-state index >= 15 is 0 Å². The number of anilines is 1. The van der Waals surface area contributed by atoms with Crippen LogP contribution in [-0.2, 0) is 26.2 Å². The number of likely N-dealkylation sites (N-methyl/N-ethyl adjacent to an activating group) is 1. The largest absolute Gasteiger partial charge is 0.494 e. The Morgan fingerprint density at radius 2 is 1.80 bits per heavy atom. The highest BCUT2D eigenvalue weighted by atomic mass is 79.9. The van der Waals surface area contributed by atoms with Crippen molar-refractivity contribution in [3.63, 3.8) is 0 Å². The first-order chi connectivity index (χ1) is 16.6. The fourth-order valence-electron chi connectivity index (χ4n) is 3.62. The minimum absolute atomic E-state index is 0.0980. The molecule has 0 bridgehead atoms. The Morgan fingerprint density at radius 1 is 1.11 bits per heavy atom. The number of nitrogens with one attached hydrogen (secondary N) is 1. The molecule has 0 unspecified atom stereocenters. The number of ether oxygens (including phenoxy) is 1. The summed E-state index contributed by atoms with van der Waals surface area (Å²) in [5.41, 5.74) is 1.39. The molecule has 0 aliphatic rings. The third kappa shape index (κ3) is 8.85. The van der Waals surface area contributed by atoms with Crippen LogP contribution >= 0.6 is 15.9 Å². The van der Waals surface area contributed by atoms with E-state index in [0.29, 0.717) is 31.0 Å². The van der Waals surface area contributed by atoms with Gasteiger partial charge in [0.15, 0.2) is 0 Å². The van der Waals surface area contributed by atoms with Crippen LogP contribution in [0.3, 0.4) is 0 Å². The minimum atomic E-state index is -3.55. The van der Waals surface area contributed by atoms with Gasteiger partial charge >= 0.3 is 0 Å². The van der Waals surface area contributed by atoms with Crippen molar-refractivity contribution in [2.75, 3.05) is 30.3 Å². The first-order valence-electron chi connectivity index (χ1n) is 11.6. The van der Waals surface area contributed by atoms with E-state index in [1.807, 2.05) is 38.1 Å². The lowest BCUT2D eigenvalue weighted by atomic mass is 10.1. The van der Waals surface area contributed by atoms with E-state index in [4.69, 9.17) is 4.74 Å². The smallest absolute Gasteiger partial charge is 0.242 e. The highest BCUT2D eigenvalue weighted by molar-refractivity contribution is 9.10. The molecule has 35 heavy (non-hydrogen) atoms. The van der Waals surface area contributed by atoms with Crippen LogP contribution in [0.1, 0.15) is 39.2 Å². The number of carbonyl (C=O) groups is 2. The van der Waals surface area contributed by atoms with E-state index in [2.05, 4.69) is 21.2 Å². The Bertz CT molecular complexity index is 1090. The zero-order valence-corrected chi connectivity index (χ0v) is 23.1. The summed E-state index contributed by atoms with van der Waals surface area (Å²) in [4.78, 5) is 27.3. The summed E-state index contributed by atoms with van der Waals surface area (Å²) in [6, 6.07) is 13.7. The molecule has 0 heterocycles. The van der Waals surface area contributed by atoms with E-state index in [1.165, 1.54) is 9.21 Å². The quantitative estimate of drug-likeness (QED) is 0.395. The van der Waals surface area contributed by atoms with Crippen molar-refractivity contribution in [3.05, 3.63) is 58.6 Å². The summed E-state index contributed by atoms with van der Waals surface area (Å²) in [5, 5.41) is 2.77. The number of amides is 2. The van der Waals surface area contributed by atoms with Crippen molar-refractivity contribution >= 4 is 43.5 Å². The second kappa shape index (κ2) is 13.5. The molecule has 10 heteroatoms. The summed E-state index contributed by atoms with van der Waals surface area (Å²) in [6.45, 7) is 6.79. The maximum atomic E-state index is 13.2. The molecule has 1 N–H and O–H groups in total. The van der Waals surface area contributed by atoms with Gasteiger partial charge in [-0.3, -0.25) is 13.9 Å². The molecule has 0 aliphatic carbocycles. The highest BCUT2D eigenvalue weighted by Crippen LogP contribution is 2.23. The van der Waals surface area contributed by atoms with E-state index in [-0.39, 0.29) is 31.3 Å². The molecule has 2 amide bonds. The normalized spacial score (nSPS) is 12.0. The molecule has 8 nitrogen and oxygen atoms in total. The Labute approximate surface area is 216 Å². The van der Waals surface area contributed by atoms with Crippen molar-refractivity contribution in [1.29, 1.82) is 0 Å². The van der Waals surface area contributed by atoms with Gasteiger partial charge in [0.05, 0.1) is 18.6 Å². The van der Waals surface area contributed by atoms with Crippen molar-refractivity contribution in [2.24, 2.45) is 0 Å². The fourth-order valence-corrected chi connectivity index (χ4v) is 5.03. The number of halogens is 1. The predicted molar refractivity (Wildman–Crippen MR) is 142 cm³/mol. The lowest BCUT2D eigenvalue weighted by molar-refractivity contribution is -0.140. The van der Waals surface area contributed by atoms with Gasteiger partial charge in [0.25, 0.3) is 0 Å². The molecule has 0 radical (unpaired) electrons. The van der Waals surface area contributed by atoms with Crippen LogP contribution in [0.25, 0.3) is 0 Å². The number of rotatable bonds is 13. The fraction of sp³-hybridized carbons (Fsp3) is 0.440. The van der Waals surface area contributed by atoms with Crippen LogP contribution in [0.15, 0.2) is 53.0 Å². The summed E-state index contributed by atoms with van der Waals surface area (Å²) < 4.78 is 32.5. The summed E-state index contributed by atoms with van der Waals surface area (Å²) in [6.07, 6.45) is 1.54. The Morgan fingerprint density at radius 3 is 2.37 bits per heavy atom. The SMILES string of the molecule is CCNC(=O)[C@H](C)N(Cc1cccc(Br)c1)C(=O)CCCN(c1ccc(OCC)cc1)S(C)(=O)=O. The van der Waals surface area contributed by atoms with E-state index in [9.17, 15) is 18.0 Å². The number of hydrogen-bond donors (Lipinski definition) is 1. The molecule has 2 aromatic carbocycles. The van der Waals surface area contributed by atoms with Gasteiger partial charge in [-0.15, -0.1) is 0 Å². The monoisotopic (exact) mass is 567 g/mol. The Hall–Kier alpha value is -2.59. The Kier molecular flexibility index (Phi) is 11.0. The van der Waals surface area contributed by atoms with E-state index in [1.54, 1.807) is 31.2 Å². The number of hydrogen-bond acceptors (Lipinski definition) is 5. The molecule has 192 valence electrons. The zero-order chi connectivity index (χ0) is 26.0. The van der Waals surface area contributed by atoms with E-state index in [0.717, 1.165) is 16.3 Å². The van der Waals surface area contributed by atoms with Gasteiger partial charge in [0.2, 0.25) is 21.8 Å². The number of nitrogens with zero attached hydrogens (tertiary/aromatic N) is 2. The van der Waals surface area contributed by atoms with E-state index < -0.39 is 16.1 Å². The van der Waals surface area contributed by atoms with Crippen LogP contribution in [0.2, 0.25) is 0 Å². The van der Waals surface area contributed by atoms with Gasteiger partial charge in [-0.2, -0.15) is 0 Å². The molecule has 0 spiro atoms. The first kappa shape index (κ1) is 28.6. The maximum absolute atomic E-state index is 13.2. The summed E-state index contributed by atoms with van der Waals surface area (Å²) >= 11 is 3.44. The molecule has 0 fully saturated rings. The third-order valence-electron chi connectivity index (χ3n) is 5.35. The number of carbonyl (C=O) groups excluding carboxylic acids is 2.